The van der Waals surface area contributed by atoms with Crippen LogP contribution in [0, 0.1) is 0 Å². The fraction of sp³-hybridized carbons (Fsp3) is 0.438. The first-order valence-corrected chi connectivity index (χ1v) is 9.28. The Bertz CT molecular complexity index is 766. The van der Waals surface area contributed by atoms with Crippen LogP contribution in [-0.4, -0.2) is 31.3 Å². The van der Waals surface area contributed by atoms with Gasteiger partial charge >= 0.3 is 0 Å². The second-order valence-corrected chi connectivity index (χ2v) is 7.30. The van der Waals surface area contributed by atoms with E-state index in [0.29, 0.717) is 31.2 Å². The Kier molecular flexibility index (Phi) is 4.79. The second-order valence-electron chi connectivity index (χ2n) is 5.54. The van der Waals surface area contributed by atoms with Crippen LogP contribution in [0.2, 0.25) is 0 Å². The first-order chi connectivity index (χ1) is 11.1. The lowest BCUT2D eigenvalue weighted by Gasteiger charge is -2.15. The Hall–Kier alpha value is -1.70. The number of ether oxygens (including phenoxy) is 1. The lowest BCUT2D eigenvalue weighted by Crippen LogP contribution is -2.28. The van der Waals surface area contributed by atoms with Crippen molar-refractivity contribution in [2.45, 2.75) is 37.8 Å². The molecule has 0 atom stereocenters. The predicted molar refractivity (Wildman–Crippen MR) is 86.6 cm³/mol. The number of aromatic nitrogens is 2. The van der Waals surface area contributed by atoms with Gasteiger partial charge in [0.25, 0.3) is 0 Å². The van der Waals surface area contributed by atoms with Gasteiger partial charge in [-0.25, -0.2) is 13.1 Å². The van der Waals surface area contributed by atoms with E-state index in [-0.39, 0.29) is 0 Å². The van der Waals surface area contributed by atoms with Crippen molar-refractivity contribution >= 4 is 10.0 Å². The van der Waals surface area contributed by atoms with Gasteiger partial charge in [0, 0.05) is 24.2 Å². The molecule has 7 heteroatoms. The van der Waals surface area contributed by atoms with E-state index in [1.807, 2.05) is 23.7 Å². The second kappa shape index (κ2) is 6.82. The predicted octanol–water partition coefficient (Wildman–Crippen LogP) is 1.50. The molecule has 0 amide bonds. The molecule has 0 saturated heterocycles. The first-order valence-electron chi connectivity index (χ1n) is 7.80. The van der Waals surface area contributed by atoms with E-state index in [2.05, 4.69) is 9.82 Å². The molecule has 23 heavy (non-hydrogen) atoms. The van der Waals surface area contributed by atoms with E-state index in [9.17, 15) is 8.42 Å². The molecule has 1 aromatic heterocycles. The van der Waals surface area contributed by atoms with Crippen LogP contribution in [0.4, 0.5) is 0 Å². The minimum Gasteiger partial charge on any atom is -0.376 e. The zero-order chi connectivity index (χ0) is 16.3. The number of nitrogens with zero attached hydrogens (tertiary/aromatic N) is 2. The molecular formula is C16H21N3O3S. The number of hydrogen-bond acceptors (Lipinski definition) is 4. The number of benzene rings is 1. The third kappa shape index (κ3) is 3.63. The maximum absolute atomic E-state index is 12.3. The monoisotopic (exact) mass is 335 g/mol. The molecule has 0 spiro atoms. The molecule has 1 N–H and O–H groups in total. The maximum Gasteiger partial charge on any atom is 0.240 e. The smallest absolute Gasteiger partial charge is 0.240 e. The van der Waals surface area contributed by atoms with Gasteiger partial charge < -0.3 is 4.74 Å². The number of sulfonamides is 1. The van der Waals surface area contributed by atoms with Crippen LogP contribution in [-0.2, 0) is 40.8 Å². The zero-order valence-electron chi connectivity index (χ0n) is 13.2. The summed E-state index contributed by atoms with van der Waals surface area (Å²) < 4.78 is 34.5. The molecule has 6 nitrogen and oxygen atoms in total. The molecule has 3 rings (SSSR count). The lowest BCUT2D eigenvalue weighted by molar-refractivity contribution is 0.109. The Balaban J connectivity index is 1.62. The van der Waals surface area contributed by atoms with Crippen molar-refractivity contribution in [2.75, 3.05) is 13.2 Å². The average Bonchev–Trinajstić information content (AvgIpc) is 2.98. The van der Waals surface area contributed by atoms with Crippen molar-refractivity contribution in [1.29, 1.82) is 0 Å². The van der Waals surface area contributed by atoms with E-state index >= 15 is 0 Å². The number of fused-ring (bicyclic) bond motifs is 1. The molecule has 1 aromatic carbocycles. The third-order valence-corrected chi connectivity index (χ3v) is 5.51. The standard InChI is InChI=1S/C16H21N3O3S/c1-2-13-3-5-15(6-4-13)23(20,21)18-8-9-19-16-7-10-22-12-14(16)11-17-19/h3-6,11,18H,2,7-10,12H2,1H3. The van der Waals surface area contributed by atoms with Crippen LogP contribution < -0.4 is 4.72 Å². The Morgan fingerprint density at radius 3 is 2.83 bits per heavy atom. The van der Waals surface area contributed by atoms with Gasteiger partial charge in [-0.1, -0.05) is 19.1 Å². The van der Waals surface area contributed by atoms with Gasteiger partial charge in [-0.2, -0.15) is 5.10 Å². The van der Waals surface area contributed by atoms with Gasteiger partial charge in [0.2, 0.25) is 10.0 Å². The highest BCUT2D eigenvalue weighted by molar-refractivity contribution is 7.89. The average molecular weight is 335 g/mol. The van der Waals surface area contributed by atoms with Gasteiger partial charge in [-0.05, 0) is 24.1 Å². The molecule has 0 radical (unpaired) electrons. The van der Waals surface area contributed by atoms with Crippen LogP contribution in [0.1, 0.15) is 23.7 Å². The molecule has 1 aliphatic rings. The van der Waals surface area contributed by atoms with Crippen molar-refractivity contribution in [3.8, 4) is 0 Å². The maximum atomic E-state index is 12.3. The molecular weight excluding hydrogens is 314 g/mol. The minimum atomic E-state index is -3.48. The summed E-state index contributed by atoms with van der Waals surface area (Å²) in [6, 6.07) is 6.99. The van der Waals surface area contributed by atoms with E-state index in [4.69, 9.17) is 4.74 Å². The van der Waals surface area contributed by atoms with Gasteiger partial charge in [-0.15, -0.1) is 0 Å². The molecule has 0 saturated carbocycles. The summed E-state index contributed by atoms with van der Waals surface area (Å²) in [4.78, 5) is 0.297. The number of rotatable bonds is 6. The largest absolute Gasteiger partial charge is 0.376 e. The number of nitrogens with one attached hydrogen (secondary N) is 1. The van der Waals surface area contributed by atoms with Crippen molar-refractivity contribution < 1.29 is 13.2 Å². The van der Waals surface area contributed by atoms with Crippen molar-refractivity contribution in [3.05, 3.63) is 47.3 Å². The minimum absolute atomic E-state index is 0.297. The summed E-state index contributed by atoms with van der Waals surface area (Å²) in [6.45, 7) is 4.14. The molecule has 0 aliphatic carbocycles. The fourth-order valence-electron chi connectivity index (χ4n) is 2.68. The van der Waals surface area contributed by atoms with Crippen LogP contribution in [0.15, 0.2) is 35.4 Å². The van der Waals surface area contributed by atoms with Crippen LogP contribution in [0.25, 0.3) is 0 Å². The molecule has 2 heterocycles. The summed E-state index contributed by atoms with van der Waals surface area (Å²) in [5.41, 5.74) is 3.35. The van der Waals surface area contributed by atoms with Crippen LogP contribution >= 0.6 is 0 Å². The molecule has 0 fully saturated rings. The molecule has 0 unspecified atom stereocenters. The highest BCUT2D eigenvalue weighted by Crippen LogP contribution is 2.16. The van der Waals surface area contributed by atoms with Gasteiger partial charge in [0.05, 0.1) is 30.9 Å². The molecule has 1 aliphatic heterocycles. The summed E-state index contributed by atoms with van der Waals surface area (Å²) >= 11 is 0. The summed E-state index contributed by atoms with van der Waals surface area (Å²) in [5, 5.41) is 4.31. The Morgan fingerprint density at radius 2 is 2.09 bits per heavy atom. The van der Waals surface area contributed by atoms with E-state index in [1.54, 1.807) is 18.3 Å². The molecule has 0 bridgehead atoms. The van der Waals surface area contributed by atoms with E-state index in [0.717, 1.165) is 29.7 Å². The highest BCUT2D eigenvalue weighted by Gasteiger charge is 2.17. The zero-order valence-corrected chi connectivity index (χ0v) is 14.0. The Morgan fingerprint density at radius 1 is 1.30 bits per heavy atom. The SMILES string of the molecule is CCc1ccc(S(=O)(=O)NCCn2ncc3c2CCOC3)cc1. The summed E-state index contributed by atoms with van der Waals surface area (Å²) in [6.07, 6.45) is 3.51. The van der Waals surface area contributed by atoms with Crippen molar-refractivity contribution in [3.63, 3.8) is 0 Å². The first kappa shape index (κ1) is 16.2. The van der Waals surface area contributed by atoms with Crippen molar-refractivity contribution in [2.24, 2.45) is 0 Å². The van der Waals surface area contributed by atoms with Crippen LogP contribution in [0.3, 0.4) is 0 Å². The van der Waals surface area contributed by atoms with Gasteiger partial charge in [0.1, 0.15) is 0 Å². The topological polar surface area (TPSA) is 73.2 Å². The number of hydrogen-bond donors (Lipinski definition) is 1. The van der Waals surface area contributed by atoms with Gasteiger partial charge in [0.15, 0.2) is 0 Å². The van der Waals surface area contributed by atoms with Crippen molar-refractivity contribution in [1.82, 2.24) is 14.5 Å². The normalized spacial score (nSPS) is 14.7. The Labute approximate surface area is 136 Å². The van der Waals surface area contributed by atoms with E-state index in [1.165, 1.54) is 0 Å². The summed E-state index contributed by atoms with van der Waals surface area (Å²) in [7, 11) is -3.48. The quantitative estimate of drug-likeness (QED) is 0.868. The fourth-order valence-corrected chi connectivity index (χ4v) is 3.70. The molecule has 124 valence electrons. The van der Waals surface area contributed by atoms with E-state index < -0.39 is 10.0 Å². The third-order valence-electron chi connectivity index (χ3n) is 4.03. The lowest BCUT2D eigenvalue weighted by atomic mass is 10.2. The number of aryl methyl sites for hydroxylation is 1. The van der Waals surface area contributed by atoms with Gasteiger partial charge in [-0.3, -0.25) is 4.68 Å². The highest BCUT2D eigenvalue weighted by atomic mass is 32.2. The van der Waals surface area contributed by atoms with Crippen LogP contribution in [0.5, 0.6) is 0 Å². The summed E-state index contributed by atoms with van der Waals surface area (Å²) in [5.74, 6) is 0. The molecule has 2 aromatic rings.